The maximum Gasteiger partial charge on any atom is 0.264 e. The van der Waals surface area contributed by atoms with E-state index in [-0.39, 0.29) is 11.7 Å². The number of halogens is 1. The number of carbonyl (C=O) groups excluding carboxylic acids is 1. The molecule has 3 N–H and O–H groups in total. The molecule has 2 heterocycles. The molecule has 1 aromatic carbocycles. The Balaban J connectivity index is 1.97. The summed E-state index contributed by atoms with van der Waals surface area (Å²) in [5.41, 5.74) is 6.22. The summed E-state index contributed by atoms with van der Waals surface area (Å²) in [5.74, 6) is -0.424. The molecular formula is C20H21FN4O2. The predicted octanol–water partition coefficient (Wildman–Crippen LogP) is 2.36. The maximum absolute atomic E-state index is 15.7. The number of aromatic nitrogens is 1. The lowest BCUT2D eigenvalue weighted by Gasteiger charge is -2.44. The smallest absolute Gasteiger partial charge is 0.264 e. The van der Waals surface area contributed by atoms with Crippen molar-refractivity contribution in [3.63, 3.8) is 0 Å². The number of carbonyl (C=O) groups is 1. The van der Waals surface area contributed by atoms with E-state index in [1.807, 2.05) is 12.1 Å². The first-order valence-corrected chi connectivity index (χ1v) is 8.72. The minimum absolute atomic E-state index is 0.00993. The van der Waals surface area contributed by atoms with Crippen molar-refractivity contribution in [1.29, 1.82) is 0 Å². The van der Waals surface area contributed by atoms with E-state index in [1.54, 1.807) is 32.2 Å². The third kappa shape index (κ3) is 2.34. The lowest BCUT2D eigenvalue weighted by molar-refractivity contribution is -0.136. The molecule has 27 heavy (non-hydrogen) atoms. The number of guanidine groups is 1. The van der Waals surface area contributed by atoms with Gasteiger partial charge in [-0.3, -0.25) is 14.7 Å². The van der Waals surface area contributed by atoms with Crippen LogP contribution in [-0.4, -0.2) is 40.1 Å². The number of amides is 1. The van der Waals surface area contributed by atoms with Crippen LogP contribution in [0.3, 0.4) is 0 Å². The first-order chi connectivity index (χ1) is 12.7. The van der Waals surface area contributed by atoms with Gasteiger partial charge in [-0.2, -0.15) is 0 Å². The van der Waals surface area contributed by atoms with Crippen molar-refractivity contribution < 1.29 is 14.3 Å². The number of fused-ring (bicyclic) bond motifs is 2. The fourth-order valence-corrected chi connectivity index (χ4v) is 4.14. The van der Waals surface area contributed by atoms with Gasteiger partial charge in [0.15, 0.2) is 11.5 Å². The zero-order chi connectivity index (χ0) is 19.6. The summed E-state index contributed by atoms with van der Waals surface area (Å²) < 4.78 is 15.7. The van der Waals surface area contributed by atoms with Gasteiger partial charge >= 0.3 is 0 Å². The van der Waals surface area contributed by atoms with Crippen molar-refractivity contribution in [1.82, 2.24) is 9.88 Å². The number of likely N-dealkylation sites (N-methyl/N-ethyl adjacent to an activating group) is 1. The summed E-state index contributed by atoms with van der Waals surface area (Å²) in [7, 11) is 1.51. The van der Waals surface area contributed by atoms with Gasteiger partial charge in [-0.25, -0.2) is 9.38 Å². The molecule has 1 aliphatic heterocycles. The van der Waals surface area contributed by atoms with Crippen LogP contribution in [0, 0.1) is 5.41 Å². The number of rotatable bonds is 1. The molecule has 2 aliphatic rings. The second-order valence-corrected chi connectivity index (χ2v) is 7.93. The molecule has 4 rings (SSSR count). The van der Waals surface area contributed by atoms with Crippen LogP contribution in [0.2, 0.25) is 0 Å². The molecule has 6 nitrogen and oxygen atoms in total. The highest BCUT2D eigenvalue weighted by molar-refractivity contribution is 6.07. The number of nitrogens with zero attached hydrogens (tertiary/aromatic N) is 3. The number of nitrogens with two attached hydrogens (primary N) is 1. The molecule has 0 saturated carbocycles. The summed E-state index contributed by atoms with van der Waals surface area (Å²) in [6, 6.07) is 7.11. The summed E-state index contributed by atoms with van der Waals surface area (Å²) in [5, 5.41) is 9.72. The molecule has 1 aliphatic carbocycles. The van der Waals surface area contributed by atoms with E-state index in [2.05, 4.69) is 9.98 Å². The van der Waals surface area contributed by atoms with Crippen LogP contribution in [0.15, 0.2) is 41.7 Å². The van der Waals surface area contributed by atoms with Gasteiger partial charge in [-0.1, -0.05) is 26.0 Å². The molecule has 1 spiro atoms. The number of hydrogen-bond donors (Lipinski definition) is 2. The highest BCUT2D eigenvalue weighted by Crippen LogP contribution is 2.52. The number of alkyl halides is 1. The van der Waals surface area contributed by atoms with Gasteiger partial charge in [0.2, 0.25) is 0 Å². The molecule has 1 amide bonds. The lowest BCUT2D eigenvalue weighted by Crippen LogP contribution is -2.54. The average Bonchev–Trinajstić information content (AvgIpc) is 2.85. The van der Waals surface area contributed by atoms with E-state index in [9.17, 15) is 9.90 Å². The minimum atomic E-state index is -1.68. The highest BCUT2D eigenvalue weighted by Gasteiger charge is 2.61. The molecule has 140 valence electrons. The maximum atomic E-state index is 15.7. The molecule has 2 aromatic rings. The van der Waals surface area contributed by atoms with E-state index in [1.165, 1.54) is 18.1 Å². The molecule has 0 fully saturated rings. The standard InChI is InChI=1S/C20H21FN4O2/c1-19(2)8-12-5-4-11(13-6-14(26)10-23-9-13)7-15(12)20(16(19)21)17(27)25(3)18(22)24-20/h4-7,9-10,16,26H,8H2,1-3H3,(H2,22,24). The van der Waals surface area contributed by atoms with Crippen molar-refractivity contribution in [2.24, 2.45) is 16.1 Å². The fourth-order valence-electron chi connectivity index (χ4n) is 4.14. The number of hydrogen-bond acceptors (Lipinski definition) is 5. The van der Waals surface area contributed by atoms with E-state index in [0.29, 0.717) is 17.5 Å². The van der Waals surface area contributed by atoms with Gasteiger partial charge in [-0.05, 0) is 35.2 Å². The van der Waals surface area contributed by atoms with Gasteiger partial charge < -0.3 is 10.8 Å². The molecule has 2 atom stereocenters. The molecular weight excluding hydrogens is 347 g/mol. The predicted molar refractivity (Wildman–Crippen MR) is 99.8 cm³/mol. The zero-order valence-corrected chi connectivity index (χ0v) is 15.4. The van der Waals surface area contributed by atoms with Crippen LogP contribution in [0.1, 0.15) is 25.0 Å². The fraction of sp³-hybridized carbons (Fsp3) is 0.350. The van der Waals surface area contributed by atoms with Crippen LogP contribution in [-0.2, 0) is 16.8 Å². The first-order valence-electron chi connectivity index (χ1n) is 8.72. The second-order valence-electron chi connectivity index (χ2n) is 7.93. The Morgan fingerprint density at radius 1 is 1.26 bits per heavy atom. The monoisotopic (exact) mass is 368 g/mol. The summed E-state index contributed by atoms with van der Waals surface area (Å²) in [6.07, 6.45) is 1.90. The molecule has 0 radical (unpaired) electrons. The SMILES string of the molecule is CN1C(=O)C2(N=C1N)c1cc(-c3cncc(O)c3)ccc1CC(C)(C)C2F. The Morgan fingerprint density at radius 3 is 2.63 bits per heavy atom. The third-order valence-corrected chi connectivity index (χ3v) is 5.54. The second kappa shape index (κ2) is 5.52. The Hall–Kier alpha value is -2.96. The van der Waals surface area contributed by atoms with Crippen LogP contribution in [0.4, 0.5) is 4.39 Å². The van der Waals surface area contributed by atoms with Gasteiger partial charge in [0.25, 0.3) is 5.91 Å². The Kier molecular flexibility index (Phi) is 3.57. The lowest BCUT2D eigenvalue weighted by atomic mass is 9.63. The summed E-state index contributed by atoms with van der Waals surface area (Å²) in [4.78, 5) is 22.6. The van der Waals surface area contributed by atoms with E-state index in [0.717, 1.165) is 11.1 Å². The summed E-state index contributed by atoms with van der Waals surface area (Å²) >= 11 is 0. The molecule has 2 unspecified atom stereocenters. The van der Waals surface area contributed by atoms with Crippen molar-refractivity contribution in [2.45, 2.75) is 32.0 Å². The van der Waals surface area contributed by atoms with Gasteiger partial charge in [0.05, 0.1) is 6.20 Å². The third-order valence-electron chi connectivity index (χ3n) is 5.54. The van der Waals surface area contributed by atoms with Crippen molar-refractivity contribution >= 4 is 11.9 Å². The van der Waals surface area contributed by atoms with Crippen molar-refractivity contribution in [3.05, 3.63) is 47.8 Å². The highest BCUT2D eigenvalue weighted by atomic mass is 19.1. The first kappa shape index (κ1) is 17.5. The van der Waals surface area contributed by atoms with Gasteiger partial charge in [0, 0.05) is 24.2 Å². The number of aliphatic imine (C=N–C) groups is 1. The molecule has 1 aromatic heterocycles. The zero-order valence-electron chi connectivity index (χ0n) is 15.4. The van der Waals surface area contributed by atoms with Gasteiger partial charge in [-0.15, -0.1) is 0 Å². The number of aromatic hydroxyl groups is 1. The van der Waals surface area contributed by atoms with E-state index < -0.39 is 23.0 Å². The topological polar surface area (TPSA) is 91.8 Å². The molecule has 7 heteroatoms. The van der Waals surface area contributed by atoms with Crippen LogP contribution in [0.5, 0.6) is 5.75 Å². The quantitative estimate of drug-likeness (QED) is 0.808. The number of pyridine rings is 1. The van der Waals surface area contributed by atoms with Crippen molar-refractivity contribution in [2.75, 3.05) is 7.05 Å². The summed E-state index contributed by atoms with van der Waals surface area (Å²) in [6.45, 7) is 3.60. The molecule has 0 saturated heterocycles. The Labute approximate surface area is 156 Å². The van der Waals surface area contributed by atoms with Crippen LogP contribution >= 0.6 is 0 Å². The minimum Gasteiger partial charge on any atom is -0.506 e. The Morgan fingerprint density at radius 2 is 2.00 bits per heavy atom. The Bertz CT molecular complexity index is 988. The van der Waals surface area contributed by atoms with Crippen LogP contribution < -0.4 is 5.73 Å². The largest absolute Gasteiger partial charge is 0.506 e. The van der Waals surface area contributed by atoms with Crippen molar-refractivity contribution in [3.8, 4) is 16.9 Å². The van der Waals surface area contributed by atoms with Gasteiger partial charge in [0.1, 0.15) is 11.9 Å². The van der Waals surface area contributed by atoms with E-state index in [4.69, 9.17) is 5.73 Å². The normalized spacial score (nSPS) is 26.2. The van der Waals surface area contributed by atoms with E-state index >= 15 is 4.39 Å². The van der Waals surface area contributed by atoms with Crippen LogP contribution in [0.25, 0.3) is 11.1 Å². The molecule has 0 bridgehead atoms. The average molecular weight is 368 g/mol. The number of benzene rings is 1.